The van der Waals surface area contributed by atoms with Crippen molar-refractivity contribution < 1.29 is 29.7 Å². The van der Waals surface area contributed by atoms with E-state index in [1.54, 1.807) is 12.1 Å². The highest BCUT2D eigenvalue weighted by atomic mass is 16.3. The van der Waals surface area contributed by atoms with Gasteiger partial charge in [0.1, 0.15) is 23.9 Å². The Balaban J connectivity index is 1.76. The fraction of sp³-hybridized carbons (Fsp3) is 0.625. The molecule has 2 aliphatic rings. The van der Waals surface area contributed by atoms with E-state index in [0.29, 0.717) is 37.7 Å². The molecule has 1 aliphatic heterocycles. The number of carbonyl (C=O) groups is 3. The van der Waals surface area contributed by atoms with Gasteiger partial charge in [-0.2, -0.15) is 0 Å². The first-order valence-corrected chi connectivity index (χ1v) is 11.6. The second-order valence-electron chi connectivity index (χ2n) is 9.77. The van der Waals surface area contributed by atoms with Crippen molar-refractivity contribution in [1.29, 1.82) is 0 Å². The van der Waals surface area contributed by atoms with Gasteiger partial charge in [0.15, 0.2) is 0 Å². The maximum Gasteiger partial charge on any atom is 0.249 e. The third kappa shape index (κ3) is 6.03. The molecule has 182 valence electrons. The zero-order chi connectivity index (χ0) is 24.3. The molecular formula is C24H35N3O6. The highest BCUT2D eigenvalue weighted by Gasteiger charge is 2.49. The smallest absolute Gasteiger partial charge is 0.249 e. The molecule has 6 N–H and O–H groups in total. The van der Waals surface area contributed by atoms with Gasteiger partial charge in [-0.05, 0) is 61.6 Å². The molecular weight excluding hydrogens is 426 g/mol. The third-order valence-electron chi connectivity index (χ3n) is 6.72. The molecule has 3 amide bonds. The number of hydrogen-bond acceptors (Lipinski definition) is 6. The number of nitrogens with one attached hydrogen (secondary N) is 1. The lowest BCUT2D eigenvalue weighted by Gasteiger charge is -2.37. The number of hydrogen-bond donors (Lipinski definition) is 5. The van der Waals surface area contributed by atoms with Gasteiger partial charge in [-0.3, -0.25) is 14.4 Å². The van der Waals surface area contributed by atoms with Gasteiger partial charge in [-0.15, -0.1) is 0 Å². The summed E-state index contributed by atoms with van der Waals surface area (Å²) in [6.07, 6.45) is 0.620. The Labute approximate surface area is 194 Å². The zero-order valence-electron chi connectivity index (χ0n) is 19.2. The summed E-state index contributed by atoms with van der Waals surface area (Å²) in [6, 6.07) is 4.16. The monoisotopic (exact) mass is 461 g/mol. The van der Waals surface area contributed by atoms with Crippen LogP contribution in [0.3, 0.4) is 0 Å². The molecule has 0 unspecified atom stereocenters. The number of phenolic OH excluding ortho intramolecular Hbond substituents is 1. The van der Waals surface area contributed by atoms with Crippen molar-refractivity contribution in [2.24, 2.45) is 17.6 Å². The molecule has 3 rings (SSSR count). The van der Waals surface area contributed by atoms with Crippen LogP contribution in [0.15, 0.2) is 24.3 Å². The molecule has 9 nitrogen and oxygen atoms in total. The number of aromatic hydroxyl groups is 1. The average molecular weight is 462 g/mol. The van der Waals surface area contributed by atoms with Crippen molar-refractivity contribution in [1.82, 2.24) is 10.2 Å². The van der Waals surface area contributed by atoms with Crippen molar-refractivity contribution >= 4 is 17.7 Å². The Morgan fingerprint density at radius 3 is 2.42 bits per heavy atom. The van der Waals surface area contributed by atoms with Crippen LogP contribution in [0.25, 0.3) is 0 Å². The Bertz CT molecular complexity index is 858. The van der Waals surface area contributed by atoms with Gasteiger partial charge in [0.05, 0.1) is 6.10 Å². The molecule has 1 saturated carbocycles. The van der Waals surface area contributed by atoms with E-state index in [0.717, 1.165) is 0 Å². The number of phenols is 1. The number of primary amides is 1. The summed E-state index contributed by atoms with van der Waals surface area (Å²) in [6.45, 7) is 3.84. The van der Waals surface area contributed by atoms with Gasteiger partial charge in [0.25, 0.3) is 0 Å². The van der Waals surface area contributed by atoms with Gasteiger partial charge in [-0.25, -0.2) is 0 Å². The first kappa shape index (κ1) is 25.0. The van der Waals surface area contributed by atoms with Crippen LogP contribution in [0.1, 0.15) is 51.5 Å². The molecule has 0 radical (unpaired) electrons. The van der Waals surface area contributed by atoms with Crippen LogP contribution >= 0.6 is 0 Å². The number of likely N-dealkylation sites (tertiary alicyclic amines) is 1. The second-order valence-corrected chi connectivity index (χ2v) is 9.77. The van der Waals surface area contributed by atoms with Gasteiger partial charge in [0, 0.05) is 12.5 Å². The van der Waals surface area contributed by atoms with Crippen molar-refractivity contribution in [3.8, 4) is 5.75 Å². The van der Waals surface area contributed by atoms with Crippen LogP contribution in [0.2, 0.25) is 0 Å². The van der Waals surface area contributed by atoms with Crippen LogP contribution in [0.4, 0.5) is 0 Å². The van der Waals surface area contributed by atoms with E-state index >= 15 is 0 Å². The van der Waals surface area contributed by atoms with E-state index in [1.807, 2.05) is 13.8 Å². The molecule has 9 heteroatoms. The first-order valence-electron chi connectivity index (χ1n) is 11.6. The van der Waals surface area contributed by atoms with E-state index in [9.17, 15) is 29.7 Å². The molecule has 6 atom stereocenters. The predicted molar refractivity (Wildman–Crippen MR) is 121 cm³/mol. The maximum atomic E-state index is 13.6. The normalized spacial score (nSPS) is 26.5. The van der Waals surface area contributed by atoms with Crippen LogP contribution in [-0.4, -0.2) is 68.3 Å². The summed E-state index contributed by atoms with van der Waals surface area (Å²) in [4.78, 5) is 40.0. The van der Waals surface area contributed by atoms with Crippen molar-refractivity contribution in [3.05, 3.63) is 29.8 Å². The van der Waals surface area contributed by atoms with Crippen LogP contribution in [0.5, 0.6) is 5.75 Å². The SMILES string of the molecule is CC(C)C[C@@H](NC(=O)[C@@H](O)Cc1ccc(O)cc1)C(=O)N1[C@@H]2C[C@H](O)CC[C@@H]2C[C@H]1C(N)=O. The Morgan fingerprint density at radius 2 is 1.82 bits per heavy atom. The van der Waals surface area contributed by atoms with Gasteiger partial charge in [0.2, 0.25) is 17.7 Å². The molecule has 1 aliphatic carbocycles. The van der Waals surface area contributed by atoms with Crippen molar-refractivity contribution in [2.45, 2.75) is 82.7 Å². The average Bonchev–Trinajstić information content (AvgIpc) is 3.12. The predicted octanol–water partition coefficient (Wildman–Crippen LogP) is 0.442. The lowest BCUT2D eigenvalue weighted by atomic mass is 9.83. The number of benzene rings is 1. The van der Waals surface area contributed by atoms with Gasteiger partial charge < -0.3 is 31.3 Å². The van der Waals surface area contributed by atoms with E-state index in [4.69, 9.17) is 5.73 Å². The number of fused-ring (bicyclic) bond motifs is 1. The third-order valence-corrected chi connectivity index (χ3v) is 6.72. The molecule has 33 heavy (non-hydrogen) atoms. The standard InChI is InChI=1S/C24H35N3O6/c1-13(2)9-18(26-23(32)21(30)10-14-3-6-16(28)7-4-14)24(33)27-19-12-17(29)8-5-15(19)11-20(27)22(25)31/h3-4,6-7,13,15,17-21,28-30H,5,8-12H2,1-2H3,(H2,25,31)(H,26,32)/t15-,17-,18-,19-,20+,21+/m1/s1. The lowest BCUT2D eigenvalue weighted by molar-refractivity contribution is -0.145. The van der Waals surface area contributed by atoms with E-state index in [2.05, 4.69) is 5.32 Å². The zero-order valence-corrected chi connectivity index (χ0v) is 19.2. The lowest BCUT2D eigenvalue weighted by Crippen LogP contribution is -2.57. The topological polar surface area (TPSA) is 153 Å². The highest BCUT2D eigenvalue weighted by Crippen LogP contribution is 2.40. The van der Waals surface area contributed by atoms with Crippen LogP contribution in [0, 0.1) is 11.8 Å². The largest absolute Gasteiger partial charge is 0.508 e. The maximum absolute atomic E-state index is 13.6. The number of amides is 3. The Morgan fingerprint density at radius 1 is 1.15 bits per heavy atom. The number of carbonyl (C=O) groups excluding carboxylic acids is 3. The number of nitrogens with two attached hydrogens (primary N) is 1. The summed E-state index contributed by atoms with van der Waals surface area (Å²) in [7, 11) is 0. The van der Waals surface area contributed by atoms with E-state index in [-0.39, 0.29) is 30.0 Å². The van der Waals surface area contributed by atoms with Crippen LogP contribution in [-0.2, 0) is 20.8 Å². The number of aliphatic hydroxyl groups excluding tert-OH is 2. The molecule has 1 heterocycles. The van der Waals surface area contributed by atoms with Gasteiger partial charge >= 0.3 is 0 Å². The first-order chi connectivity index (χ1) is 15.6. The number of aliphatic hydroxyl groups is 2. The summed E-state index contributed by atoms with van der Waals surface area (Å²) in [5.41, 5.74) is 6.28. The highest BCUT2D eigenvalue weighted by molar-refractivity contribution is 5.93. The summed E-state index contributed by atoms with van der Waals surface area (Å²) >= 11 is 0. The second kappa shape index (κ2) is 10.5. The summed E-state index contributed by atoms with van der Waals surface area (Å²) < 4.78 is 0. The number of nitrogens with zero attached hydrogens (tertiary/aromatic N) is 1. The summed E-state index contributed by atoms with van der Waals surface area (Å²) in [5.74, 6) is -1.44. The Hall–Kier alpha value is -2.65. The molecule has 0 bridgehead atoms. The number of rotatable bonds is 8. The minimum atomic E-state index is -1.38. The molecule has 1 aromatic rings. The van der Waals surface area contributed by atoms with E-state index < -0.39 is 42.0 Å². The molecule has 0 aromatic heterocycles. The fourth-order valence-electron chi connectivity index (χ4n) is 5.09. The minimum absolute atomic E-state index is 0.0270. The van der Waals surface area contributed by atoms with Crippen molar-refractivity contribution in [2.75, 3.05) is 0 Å². The molecule has 1 saturated heterocycles. The fourth-order valence-corrected chi connectivity index (χ4v) is 5.09. The van der Waals surface area contributed by atoms with Crippen molar-refractivity contribution in [3.63, 3.8) is 0 Å². The minimum Gasteiger partial charge on any atom is -0.508 e. The van der Waals surface area contributed by atoms with E-state index in [1.165, 1.54) is 17.0 Å². The van der Waals surface area contributed by atoms with Gasteiger partial charge in [-0.1, -0.05) is 26.0 Å². The molecule has 2 fully saturated rings. The quantitative estimate of drug-likeness (QED) is 0.379. The molecule has 0 spiro atoms. The molecule has 1 aromatic carbocycles. The Kier molecular flexibility index (Phi) is 7.97. The van der Waals surface area contributed by atoms with Crippen LogP contribution < -0.4 is 11.1 Å². The summed E-state index contributed by atoms with van der Waals surface area (Å²) in [5, 5.41) is 32.7.